The monoisotopic (exact) mass is 452 g/mol. The molecule has 0 aliphatic carbocycles. The highest BCUT2D eigenvalue weighted by atomic mass is 19.4. The Morgan fingerprint density at radius 2 is 2.00 bits per heavy atom. The van der Waals surface area contributed by atoms with Crippen LogP contribution in [0.3, 0.4) is 0 Å². The van der Waals surface area contributed by atoms with E-state index in [-0.39, 0.29) is 12.1 Å². The van der Waals surface area contributed by atoms with Crippen molar-refractivity contribution in [3.05, 3.63) is 35.7 Å². The summed E-state index contributed by atoms with van der Waals surface area (Å²) >= 11 is 0. The molecule has 2 fully saturated rings. The molecule has 2 atom stereocenters. The Balaban J connectivity index is 1.45. The number of rotatable bonds is 8. The SMILES string of the molecule is CCCC[C@@H](c1nnnn1C[C@H]1CCCO1)N1CCN(c2cccc(C(F)(F)F)c2)CC1. The Bertz CT molecular complexity index is 859. The molecule has 1 aromatic carbocycles. The van der Waals surface area contributed by atoms with Gasteiger partial charge >= 0.3 is 6.18 Å². The zero-order valence-corrected chi connectivity index (χ0v) is 18.5. The predicted octanol–water partition coefficient (Wildman–Crippen LogP) is 3.92. The Morgan fingerprint density at radius 3 is 2.69 bits per heavy atom. The van der Waals surface area contributed by atoms with Crippen molar-refractivity contribution >= 4 is 5.69 Å². The van der Waals surface area contributed by atoms with Gasteiger partial charge in [-0.25, -0.2) is 4.68 Å². The van der Waals surface area contributed by atoms with Gasteiger partial charge in [-0.15, -0.1) is 5.10 Å². The van der Waals surface area contributed by atoms with E-state index in [1.165, 1.54) is 12.1 Å². The van der Waals surface area contributed by atoms with Crippen LogP contribution in [0.4, 0.5) is 18.9 Å². The second-order valence-corrected chi connectivity index (χ2v) is 8.58. The van der Waals surface area contributed by atoms with E-state index in [1.54, 1.807) is 6.07 Å². The van der Waals surface area contributed by atoms with Crippen LogP contribution in [0.5, 0.6) is 0 Å². The number of alkyl halides is 3. The van der Waals surface area contributed by atoms with Gasteiger partial charge in [0.25, 0.3) is 0 Å². The average Bonchev–Trinajstić information content (AvgIpc) is 3.47. The third-order valence-corrected chi connectivity index (χ3v) is 6.38. The predicted molar refractivity (Wildman–Crippen MR) is 114 cm³/mol. The van der Waals surface area contributed by atoms with E-state index in [4.69, 9.17) is 4.74 Å². The number of aromatic nitrogens is 4. The number of ether oxygens (including phenoxy) is 1. The first-order chi connectivity index (χ1) is 15.5. The number of benzene rings is 1. The fourth-order valence-corrected chi connectivity index (χ4v) is 4.60. The Morgan fingerprint density at radius 1 is 1.19 bits per heavy atom. The molecule has 0 radical (unpaired) electrons. The maximum absolute atomic E-state index is 13.1. The molecular formula is C22H31F3N6O. The maximum Gasteiger partial charge on any atom is 0.416 e. The summed E-state index contributed by atoms with van der Waals surface area (Å²) < 4.78 is 47.0. The number of anilines is 1. The number of hydrogen-bond acceptors (Lipinski definition) is 6. The third-order valence-electron chi connectivity index (χ3n) is 6.38. The minimum absolute atomic E-state index is 0.0926. The molecule has 7 nitrogen and oxygen atoms in total. The summed E-state index contributed by atoms with van der Waals surface area (Å²) in [5.41, 5.74) is 0.0133. The van der Waals surface area contributed by atoms with Crippen molar-refractivity contribution in [3.63, 3.8) is 0 Å². The van der Waals surface area contributed by atoms with Gasteiger partial charge in [0.1, 0.15) is 0 Å². The fraction of sp³-hybridized carbons (Fsp3) is 0.682. The topological polar surface area (TPSA) is 59.3 Å². The molecule has 2 saturated heterocycles. The van der Waals surface area contributed by atoms with Gasteiger partial charge in [0.05, 0.1) is 24.3 Å². The van der Waals surface area contributed by atoms with Gasteiger partial charge in [-0.1, -0.05) is 25.8 Å². The van der Waals surface area contributed by atoms with Crippen LogP contribution in [-0.2, 0) is 17.5 Å². The second-order valence-electron chi connectivity index (χ2n) is 8.58. The van der Waals surface area contributed by atoms with Crippen molar-refractivity contribution in [3.8, 4) is 0 Å². The lowest BCUT2D eigenvalue weighted by Crippen LogP contribution is -2.48. The van der Waals surface area contributed by atoms with Crippen molar-refractivity contribution < 1.29 is 17.9 Å². The molecule has 2 aromatic rings. The van der Waals surface area contributed by atoms with Crippen molar-refractivity contribution in [2.75, 3.05) is 37.7 Å². The van der Waals surface area contributed by atoms with Gasteiger partial charge in [-0.3, -0.25) is 4.90 Å². The molecule has 0 amide bonds. The normalized spacial score (nSPS) is 21.2. The first kappa shape index (κ1) is 23.0. The number of piperazine rings is 1. The summed E-state index contributed by atoms with van der Waals surface area (Å²) in [4.78, 5) is 4.40. The fourth-order valence-electron chi connectivity index (χ4n) is 4.60. The quantitative estimate of drug-likeness (QED) is 0.605. The molecular weight excluding hydrogens is 421 g/mol. The molecule has 0 bridgehead atoms. The van der Waals surface area contributed by atoms with Crippen LogP contribution in [0.25, 0.3) is 0 Å². The molecule has 0 N–H and O–H groups in total. The first-order valence-corrected chi connectivity index (χ1v) is 11.5. The van der Waals surface area contributed by atoms with E-state index >= 15 is 0 Å². The van der Waals surface area contributed by atoms with Gasteiger partial charge in [-0.2, -0.15) is 13.2 Å². The van der Waals surface area contributed by atoms with Crippen LogP contribution in [0.15, 0.2) is 24.3 Å². The van der Waals surface area contributed by atoms with Crippen LogP contribution in [0.1, 0.15) is 56.5 Å². The minimum Gasteiger partial charge on any atom is -0.376 e. The van der Waals surface area contributed by atoms with E-state index in [1.807, 2.05) is 9.58 Å². The van der Waals surface area contributed by atoms with Crippen molar-refractivity contribution in [1.82, 2.24) is 25.1 Å². The summed E-state index contributed by atoms with van der Waals surface area (Å²) in [6.45, 7) is 6.44. The van der Waals surface area contributed by atoms with Crippen LogP contribution in [0.2, 0.25) is 0 Å². The van der Waals surface area contributed by atoms with E-state index in [2.05, 4.69) is 27.3 Å². The lowest BCUT2D eigenvalue weighted by atomic mass is 10.1. The van der Waals surface area contributed by atoms with Gasteiger partial charge in [0.15, 0.2) is 5.82 Å². The maximum atomic E-state index is 13.1. The van der Waals surface area contributed by atoms with Gasteiger partial charge in [0, 0.05) is 38.5 Å². The highest BCUT2D eigenvalue weighted by Crippen LogP contribution is 2.33. The van der Waals surface area contributed by atoms with E-state index < -0.39 is 11.7 Å². The molecule has 3 heterocycles. The highest BCUT2D eigenvalue weighted by Gasteiger charge is 2.32. The minimum atomic E-state index is -4.33. The smallest absolute Gasteiger partial charge is 0.376 e. The summed E-state index contributed by atoms with van der Waals surface area (Å²) in [5, 5.41) is 12.5. The average molecular weight is 453 g/mol. The van der Waals surface area contributed by atoms with Crippen molar-refractivity contribution in [2.24, 2.45) is 0 Å². The largest absolute Gasteiger partial charge is 0.416 e. The number of unbranched alkanes of at least 4 members (excludes halogenated alkanes) is 1. The van der Waals surface area contributed by atoms with Crippen LogP contribution < -0.4 is 4.90 Å². The molecule has 2 aliphatic rings. The molecule has 0 unspecified atom stereocenters. The first-order valence-electron chi connectivity index (χ1n) is 11.5. The summed E-state index contributed by atoms with van der Waals surface area (Å²) in [6.07, 6.45) is 1.00. The Kier molecular flexibility index (Phi) is 7.30. The van der Waals surface area contributed by atoms with Crippen LogP contribution >= 0.6 is 0 Å². The van der Waals surface area contributed by atoms with Crippen LogP contribution in [-0.4, -0.2) is 64.0 Å². The number of halogens is 3. The summed E-state index contributed by atoms with van der Waals surface area (Å²) in [7, 11) is 0. The Labute approximate surface area is 186 Å². The molecule has 176 valence electrons. The lowest BCUT2D eigenvalue weighted by Gasteiger charge is -2.40. The molecule has 1 aromatic heterocycles. The number of hydrogen-bond donors (Lipinski definition) is 0. The second kappa shape index (κ2) is 10.2. The lowest BCUT2D eigenvalue weighted by molar-refractivity contribution is -0.137. The zero-order valence-electron chi connectivity index (χ0n) is 18.5. The molecule has 32 heavy (non-hydrogen) atoms. The van der Waals surface area contributed by atoms with Gasteiger partial charge in [0.2, 0.25) is 0 Å². The number of tetrazole rings is 1. The molecule has 10 heteroatoms. The Hall–Kier alpha value is -2.20. The molecule has 2 aliphatic heterocycles. The molecule has 0 spiro atoms. The van der Waals surface area contributed by atoms with Crippen molar-refractivity contribution in [1.29, 1.82) is 0 Å². The summed E-state index contributed by atoms with van der Waals surface area (Å²) in [5.74, 6) is 0.862. The third kappa shape index (κ3) is 5.40. The van der Waals surface area contributed by atoms with Crippen molar-refractivity contribution in [2.45, 2.75) is 63.9 Å². The highest BCUT2D eigenvalue weighted by molar-refractivity contribution is 5.49. The van der Waals surface area contributed by atoms with Crippen LogP contribution in [0, 0.1) is 0 Å². The molecule has 4 rings (SSSR count). The van der Waals surface area contributed by atoms with Gasteiger partial charge < -0.3 is 9.64 Å². The molecule has 0 saturated carbocycles. The van der Waals surface area contributed by atoms with E-state index in [9.17, 15) is 13.2 Å². The summed E-state index contributed by atoms with van der Waals surface area (Å²) in [6, 6.07) is 5.69. The van der Waals surface area contributed by atoms with Gasteiger partial charge in [-0.05, 0) is 47.9 Å². The van der Waals surface area contributed by atoms with E-state index in [0.717, 1.165) is 63.7 Å². The zero-order chi connectivity index (χ0) is 22.6. The number of nitrogens with zero attached hydrogens (tertiary/aromatic N) is 6. The standard InChI is InChI=1S/C22H31F3N6O/c1-2-3-9-20(21-26-27-28-31(21)16-19-8-5-14-32-19)30-12-10-29(11-13-30)18-7-4-6-17(15-18)22(23,24)25/h4,6-7,15,19-20H,2-3,5,8-14,16H2,1H3/t19-,20+/m1/s1. The van der Waals surface area contributed by atoms with E-state index in [0.29, 0.717) is 25.3 Å².